The highest BCUT2D eigenvalue weighted by Crippen LogP contribution is 2.24. The molecule has 0 saturated carbocycles. The summed E-state index contributed by atoms with van der Waals surface area (Å²) in [6.45, 7) is 3.61. The average Bonchev–Trinajstić information content (AvgIpc) is 2.51. The van der Waals surface area contributed by atoms with Crippen molar-refractivity contribution in [3.05, 3.63) is 59.4 Å². The van der Waals surface area contributed by atoms with Gasteiger partial charge in [-0.05, 0) is 35.7 Å². The molecule has 0 saturated heterocycles. The fourth-order valence-corrected chi connectivity index (χ4v) is 2.26. The molecule has 110 valence electrons. The van der Waals surface area contributed by atoms with Crippen molar-refractivity contribution < 1.29 is 9.18 Å². The van der Waals surface area contributed by atoms with E-state index < -0.39 is 11.7 Å². The Morgan fingerprint density at radius 3 is 2.57 bits per heavy atom. The Balaban J connectivity index is 2.33. The third-order valence-corrected chi connectivity index (χ3v) is 3.52. The van der Waals surface area contributed by atoms with Crippen molar-refractivity contribution in [3.8, 4) is 11.1 Å². The minimum atomic E-state index is -0.490. The average molecular weight is 304 g/mol. The van der Waals surface area contributed by atoms with Crippen LogP contribution in [0.4, 0.5) is 4.39 Å². The highest BCUT2D eigenvalue weighted by molar-refractivity contribution is 7.97. The molecule has 21 heavy (non-hydrogen) atoms. The van der Waals surface area contributed by atoms with Gasteiger partial charge in [-0.25, -0.2) is 4.39 Å². The second kappa shape index (κ2) is 7.24. The van der Waals surface area contributed by atoms with Crippen molar-refractivity contribution in [1.82, 2.24) is 10.3 Å². The van der Waals surface area contributed by atoms with Crippen LogP contribution in [0.1, 0.15) is 22.8 Å². The molecule has 2 aromatic rings. The number of carbonyl (C=O) groups is 1. The van der Waals surface area contributed by atoms with Crippen LogP contribution in [-0.2, 0) is 0 Å². The molecule has 0 aliphatic rings. The number of rotatable bonds is 5. The van der Waals surface area contributed by atoms with Crippen LogP contribution >= 0.6 is 11.9 Å². The SMILES string of the molecule is CCSNNC(=O)c1cc(-c2ccccc2)cc(C)c1F. The molecule has 0 spiro atoms. The number of hydrogen-bond donors (Lipinski definition) is 2. The molecule has 5 heteroatoms. The van der Waals surface area contributed by atoms with Gasteiger partial charge in [-0.15, -0.1) is 0 Å². The first kappa shape index (κ1) is 15.5. The minimum Gasteiger partial charge on any atom is -0.277 e. The topological polar surface area (TPSA) is 41.1 Å². The number of amides is 1. The van der Waals surface area contributed by atoms with E-state index in [1.165, 1.54) is 11.9 Å². The smallest absolute Gasteiger partial charge is 0.269 e. The number of hydrazine groups is 1. The second-order valence-corrected chi connectivity index (χ2v) is 5.58. The number of benzene rings is 2. The maximum atomic E-state index is 14.2. The van der Waals surface area contributed by atoms with Gasteiger partial charge >= 0.3 is 0 Å². The fraction of sp³-hybridized carbons (Fsp3) is 0.188. The van der Waals surface area contributed by atoms with Gasteiger partial charge in [-0.3, -0.25) is 10.2 Å². The van der Waals surface area contributed by atoms with E-state index in [9.17, 15) is 9.18 Å². The predicted molar refractivity (Wildman–Crippen MR) is 85.3 cm³/mol. The normalized spacial score (nSPS) is 10.4. The molecule has 0 radical (unpaired) electrons. The van der Waals surface area contributed by atoms with Crippen LogP contribution in [0.5, 0.6) is 0 Å². The van der Waals surface area contributed by atoms with Gasteiger partial charge in [0.25, 0.3) is 5.91 Å². The monoisotopic (exact) mass is 304 g/mol. The van der Waals surface area contributed by atoms with E-state index in [1.54, 1.807) is 19.1 Å². The van der Waals surface area contributed by atoms with Crippen LogP contribution in [0.2, 0.25) is 0 Å². The molecular weight excluding hydrogens is 287 g/mol. The Morgan fingerprint density at radius 1 is 1.19 bits per heavy atom. The van der Waals surface area contributed by atoms with E-state index in [1.807, 2.05) is 37.3 Å². The summed E-state index contributed by atoms with van der Waals surface area (Å²) in [7, 11) is 0. The third-order valence-electron chi connectivity index (χ3n) is 2.99. The molecule has 0 aliphatic carbocycles. The van der Waals surface area contributed by atoms with E-state index in [0.29, 0.717) is 5.56 Å². The Bertz CT molecular complexity index is 632. The van der Waals surface area contributed by atoms with Crippen molar-refractivity contribution in [2.24, 2.45) is 0 Å². The van der Waals surface area contributed by atoms with Crippen LogP contribution in [0, 0.1) is 12.7 Å². The largest absolute Gasteiger partial charge is 0.277 e. The summed E-state index contributed by atoms with van der Waals surface area (Å²) in [5, 5.41) is 0. The van der Waals surface area contributed by atoms with Gasteiger partial charge in [-0.1, -0.05) is 49.2 Å². The quantitative estimate of drug-likeness (QED) is 0.503. The number of aryl methyl sites for hydroxylation is 1. The Hall–Kier alpha value is -1.85. The highest BCUT2D eigenvalue weighted by atomic mass is 32.2. The molecule has 0 bridgehead atoms. The van der Waals surface area contributed by atoms with Crippen LogP contribution in [0.15, 0.2) is 42.5 Å². The van der Waals surface area contributed by atoms with Gasteiger partial charge in [0.15, 0.2) is 0 Å². The van der Waals surface area contributed by atoms with Crippen molar-refractivity contribution in [2.75, 3.05) is 5.75 Å². The third kappa shape index (κ3) is 3.83. The fourth-order valence-electron chi connectivity index (χ4n) is 1.95. The summed E-state index contributed by atoms with van der Waals surface area (Å²) in [5.41, 5.74) is 4.74. The molecular formula is C16H17FN2OS. The van der Waals surface area contributed by atoms with Gasteiger partial charge in [-0.2, -0.15) is 4.83 Å². The maximum absolute atomic E-state index is 14.2. The number of nitrogens with one attached hydrogen (secondary N) is 2. The van der Waals surface area contributed by atoms with Gasteiger partial charge in [0.1, 0.15) is 5.82 Å². The lowest BCUT2D eigenvalue weighted by Crippen LogP contribution is -2.33. The molecule has 0 fully saturated rings. The summed E-state index contributed by atoms with van der Waals surface area (Å²) >= 11 is 1.34. The van der Waals surface area contributed by atoms with E-state index in [0.717, 1.165) is 16.9 Å². The molecule has 0 aromatic heterocycles. The minimum absolute atomic E-state index is 0.0399. The molecule has 0 heterocycles. The summed E-state index contributed by atoms with van der Waals surface area (Å²) in [5.74, 6) is -0.170. The van der Waals surface area contributed by atoms with Gasteiger partial charge < -0.3 is 0 Å². The number of halogens is 1. The Labute approximate surface area is 128 Å². The zero-order chi connectivity index (χ0) is 15.2. The van der Waals surface area contributed by atoms with E-state index in [-0.39, 0.29) is 5.56 Å². The zero-order valence-electron chi connectivity index (χ0n) is 11.9. The summed E-state index contributed by atoms with van der Waals surface area (Å²) in [6, 6.07) is 12.9. The first-order chi connectivity index (χ1) is 10.1. The molecule has 2 N–H and O–H groups in total. The molecule has 0 aliphatic heterocycles. The first-order valence-electron chi connectivity index (χ1n) is 6.66. The second-order valence-electron chi connectivity index (χ2n) is 4.51. The predicted octanol–water partition coefficient (Wildman–Crippen LogP) is 3.70. The summed E-state index contributed by atoms with van der Waals surface area (Å²) in [4.78, 5) is 14.7. The Kier molecular flexibility index (Phi) is 5.36. The molecule has 2 rings (SSSR count). The molecule has 2 aromatic carbocycles. The molecule has 0 atom stereocenters. The number of hydrogen-bond acceptors (Lipinski definition) is 3. The highest BCUT2D eigenvalue weighted by Gasteiger charge is 2.15. The number of carbonyl (C=O) groups excluding carboxylic acids is 1. The lowest BCUT2D eigenvalue weighted by Gasteiger charge is -2.11. The lowest BCUT2D eigenvalue weighted by molar-refractivity contribution is 0.0943. The maximum Gasteiger partial charge on any atom is 0.269 e. The van der Waals surface area contributed by atoms with Crippen LogP contribution in [0.25, 0.3) is 11.1 Å². The van der Waals surface area contributed by atoms with Crippen molar-refractivity contribution in [1.29, 1.82) is 0 Å². The summed E-state index contributed by atoms with van der Waals surface area (Å²) in [6.07, 6.45) is 0. The van der Waals surface area contributed by atoms with E-state index >= 15 is 0 Å². The standard InChI is InChI=1S/C16H17FN2OS/c1-3-21-19-18-16(20)14-10-13(9-11(2)15(14)17)12-7-5-4-6-8-12/h4-10,19H,3H2,1-2H3,(H,18,20). The zero-order valence-corrected chi connectivity index (χ0v) is 12.8. The van der Waals surface area contributed by atoms with E-state index in [2.05, 4.69) is 10.3 Å². The van der Waals surface area contributed by atoms with Crippen molar-refractivity contribution >= 4 is 17.9 Å². The first-order valence-corrected chi connectivity index (χ1v) is 7.64. The van der Waals surface area contributed by atoms with Crippen LogP contribution < -0.4 is 10.3 Å². The molecule has 0 unspecified atom stereocenters. The Morgan fingerprint density at radius 2 is 1.90 bits per heavy atom. The van der Waals surface area contributed by atoms with Gasteiger partial charge in [0.2, 0.25) is 0 Å². The summed E-state index contributed by atoms with van der Waals surface area (Å²) < 4.78 is 14.2. The van der Waals surface area contributed by atoms with Gasteiger partial charge in [0.05, 0.1) is 5.56 Å². The van der Waals surface area contributed by atoms with E-state index in [4.69, 9.17) is 0 Å². The van der Waals surface area contributed by atoms with Crippen LogP contribution in [-0.4, -0.2) is 11.7 Å². The lowest BCUT2D eigenvalue weighted by atomic mass is 9.99. The van der Waals surface area contributed by atoms with Crippen molar-refractivity contribution in [2.45, 2.75) is 13.8 Å². The molecule has 3 nitrogen and oxygen atoms in total. The molecule has 1 amide bonds. The van der Waals surface area contributed by atoms with Crippen molar-refractivity contribution in [3.63, 3.8) is 0 Å². The van der Waals surface area contributed by atoms with Crippen LogP contribution in [0.3, 0.4) is 0 Å². The van der Waals surface area contributed by atoms with Gasteiger partial charge in [0, 0.05) is 5.75 Å².